The highest BCUT2D eigenvalue weighted by Gasteiger charge is 2.70. The Morgan fingerprint density at radius 1 is 0.588 bits per heavy atom. The van der Waals surface area contributed by atoms with Crippen LogP contribution >= 0.6 is 0 Å². The van der Waals surface area contributed by atoms with Gasteiger partial charge in [0, 0.05) is 11.1 Å². The van der Waals surface area contributed by atoms with Gasteiger partial charge in [0.1, 0.15) is 26.4 Å². The molecule has 34 heavy (non-hydrogen) atoms. The molecule has 4 fully saturated rings. The first kappa shape index (κ1) is 26.0. The van der Waals surface area contributed by atoms with Crippen LogP contribution in [0.15, 0.2) is 24.3 Å². The smallest absolute Gasteiger partial charge is 0.333 e. The monoisotopic (exact) mass is 476 g/mol. The molecule has 0 spiro atoms. The van der Waals surface area contributed by atoms with Crippen LogP contribution in [0.4, 0.5) is 0 Å². The maximum atomic E-state index is 13.3. The molecule has 4 aliphatic rings. The maximum Gasteiger partial charge on any atom is 0.333 e. The molecule has 0 heterocycles. The molecule has 0 aromatic heterocycles. The molecule has 0 atom stereocenters. The van der Waals surface area contributed by atoms with E-state index in [1.165, 1.54) is 0 Å². The van der Waals surface area contributed by atoms with E-state index in [1.54, 1.807) is 13.8 Å². The van der Waals surface area contributed by atoms with Gasteiger partial charge in [0.25, 0.3) is 0 Å². The summed E-state index contributed by atoms with van der Waals surface area (Å²) in [5.74, 6) is -1.74. The molecule has 8 nitrogen and oxygen atoms in total. The normalized spacial score (nSPS) is 33.1. The third-order valence-electron chi connectivity index (χ3n) is 7.25. The molecular weight excluding hydrogens is 440 g/mol. The van der Waals surface area contributed by atoms with Crippen molar-refractivity contribution in [2.75, 3.05) is 26.4 Å². The van der Waals surface area contributed by atoms with Crippen molar-refractivity contribution in [2.24, 2.45) is 21.7 Å². The van der Waals surface area contributed by atoms with Gasteiger partial charge in [0.05, 0.1) is 10.8 Å². The molecule has 4 aliphatic carbocycles. The molecule has 0 saturated heterocycles. The second kappa shape index (κ2) is 9.19. The minimum Gasteiger partial charge on any atom is -0.462 e. The van der Waals surface area contributed by atoms with Crippen LogP contribution in [-0.4, -0.2) is 50.3 Å². The van der Waals surface area contributed by atoms with E-state index < -0.39 is 22.8 Å². The number of ether oxygens (including phenoxy) is 4. The fourth-order valence-corrected chi connectivity index (χ4v) is 7.22. The summed E-state index contributed by atoms with van der Waals surface area (Å²) in [5.41, 5.74) is -1.35. The topological polar surface area (TPSA) is 105 Å². The van der Waals surface area contributed by atoms with Crippen molar-refractivity contribution in [1.29, 1.82) is 0 Å². The van der Waals surface area contributed by atoms with E-state index in [0.29, 0.717) is 32.1 Å². The second-order valence-electron chi connectivity index (χ2n) is 11.3. The van der Waals surface area contributed by atoms with Crippen molar-refractivity contribution in [3.05, 3.63) is 24.3 Å². The zero-order chi connectivity index (χ0) is 25.4. The minimum atomic E-state index is -0.776. The van der Waals surface area contributed by atoms with Crippen LogP contribution in [0.2, 0.25) is 0 Å². The Morgan fingerprint density at radius 3 is 1.24 bits per heavy atom. The van der Waals surface area contributed by atoms with Crippen molar-refractivity contribution in [1.82, 2.24) is 0 Å². The summed E-state index contributed by atoms with van der Waals surface area (Å²) in [6.07, 6.45) is 3.95. The lowest BCUT2D eigenvalue weighted by atomic mass is 9.36. The SMILES string of the molecule is C=C(C)C(=O)OCCOC(=O)C12CC3(C)CC(C)(C1)CC(C(=O)OCCOC(=O)C(=C)C)(C3)C2. The van der Waals surface area contributed by atoms with E-state index in [9.17, 15) is 19.2 Å². The molecule has 0 aromatic rings. The zero-order valence-corrected chi connectivity index (χ0v) is 20.8. The van der Waals surface area contributed by atoms with Crippen molar-refractivity contribution in [3.63, 3.8) is 0 Å². The van der Waals surface area contributed by atoms with Gasteiger partial charge in [-0.05, 0) is 63.2 Å². The molecular formula is C26H36O8. The van der Waals surface area contributed by atoms with Crippen LogP contribution < -0.4 is 0 Å². The Bertz CT molecular complexity index is 830. The third kappa shape index (κ3) is 5.20. The van der Waals surface area contributed by atoms with Gasteiger partial charge < -0.3 is 18.9 Å². The summed E-state index contributed by atoms with van der Waals surface area (Å²) < 4.78 is 21.2. The van der Waals surface area contributed by atoms with Crippen LogP contribution in [-0.2, 0) is 38.1 Å². The average molecular weight is 477 g/mol. The van der Waals surface area contributed by atoms with E-state index in [0.717, 1.165) is 6.42 Å². The van der Waals surface area contributed by atoms with E-state index >= 15 is 0 Å². The zero-order valence-electron chi connectivity index (χ0n) is 20.8. The first-order chi connectivity index (χ1) is 15.7. The number of hydrogen-bond donors (Lipinski definition) is 0. The molecule has 0 amide bonds. The van der Waals surface area contributed by atoms with Gasteiger partial charge in [0.2, 0.25) is 0 Å². The van der Waals surface area contributed by atoms with Gasteiger partial charge in [-0.1, -0.05) is 27.0 Å². The Balaban J connectivity index is 1.67. The van der Waals surface area contributed by atoms with E-state index in [-0.39, 0.29) is 60.3 Å². The number of esters is 4. The van der Waals surface area contributed by atoms with Gasteiger partial charge in [-0.2, -0.15) is 0 Å². The quantitative estimate of drug-likeness (QED) is 0.204. The number of carbonyl (C=O) groups excluding carboxylic acids is 4. The van der Waals surface area contributed by atoms with Crippen molar-refractivity contribution in [2.45, 2.75) is 66.2 Å². The maximum absolute atomic E-state index is 13.3. The lowest BCUT2D eigenvalue weighted by Gasteiger charge is -2.67. The number of carbonyl (C=O) groups is 4. The largest absolute Gasteiger partial charge is 0.462 e. The summed E-state index contributed by atoms with van der Waals surface area (Å²) in [6, 6.07) is 0. The molecule has 8 heteroatoms. The van der Waals surface area contributed by atoms with Gasteiger partial charge >= 0.3 is 23.9 Å². The van der Waals surface area contributed by atoms with Gasteiger partial charge in [0.15, 0.2) is 0 Å². The molecule has 0 aliphatic heterocycles. The standard InChI is InChI=1S/C26H36O8/c1-17(2)19(27)31-7-9-33-21(29)25-12-23(5)11-24(6,13-25)15-26(14-23,16-25)22(30)34-10-8-32-20(28)18(3)4/h1,3,7-16H2,2,4-6H3. The van der Waals surface area contributed by atoms with Gasteiger partial charge in [-0.25, -0.2) is 9.59 Å². The van der Waals surface area contributed by atoms with E-state index in [1.807, 2.05) is 0 Å². The van der Waals surface area contributed by atoms with Crippen LogP contribution in [0.1, 0.15) is 66.2 Å². The third-order valence-corrected chi connectivity index (χ3v) is 7.25. The Kier molecular flexibility index (Phi) is 7.02. The Labute approximate surface area is 201 Å². The number of hydrogen-bond acceptors (Lipinski definition) is 8. The minimum absolute atomic E-state index is 0.0431. The fourth-order valence-electron chi connectivity index (χ4n) is 7.22. The molecule has 0 unspecified atom stereocenters. The Morgan fingerprint density at radius 2 is 0.912 bits per heavy atom. The van der Waals surface area contributed by atoms with E-state index in [2.05, 4.69) is 27.0 Å². The molecule has 0 N–H and O–H groups in total. The summed E-state index contributed by atoms with van der Waals surface area (Å²) in [4.78, 5) is 49.7. The lowest BCUT2D eigenvalue weighted by molar-refractivity contribution is -0.222. The molecule has 188 valence electrons. The summed E-state index contributed by atoms with van der Waals surface area (Å²) in [7, 11) is 0. The van der Waals surface area contributed by atoms with Gasteiger partial charge in [-0.3, -0.25) is 9.59 Å². The average Bonchev–Trinajstić information content (AvgIpc) is 2.70. The van der Waals surface area contributed by atoms with Crippen molar-refractivity contribution < 1.29 is 38.1 Å². The highest BCUT2D eigenvalue weighted by Crippen LogP contribution is 2.74. The first-order valence-electron chi connectivity index (χ1n) is 11.7. The van der Waals surface area contributed by atoms with Gasteiger partial charge in [-0.15, -0.1) is 0 Å². The summed E-state index contributed by atoms with van der Waals surface area (Å²) >= 11 is 0. The fraction of sp³-hybridized carbons (Fsp3) is 0.692. The van der Waals surface area contributed by atoms with Crippen LogP contribution in [0.25, 0.3) is 0 Å². The highest BCUT2D eigenvalue weighted by molar-refractivity contribution is 5.87. The molecule has 4 saturated carbocycles. The Hall–Kier alpha value is -2.64. The van der Waals surface area contributed by atoms with Crippen LogP contribution in [0.5, 0.6) is 0 Å². The second-order valence-corrected chi connectivity index (χ2v) is 11.3. The van der Waals surface area contributed by atoms with E-state index in [4.69, 9.17) is 18.9 Å². The molecule has 0 radical (unpaired) electrons. The summed E-state index contributed by atoms with van der Waals surface area (Å²) in [5, 5.41) is 0. The molecule has 4 bridgehead atoms. The van der Waals surface area contributed by atoms with Crippen LogP contribution in [0.3, 0.4) is 0 Å². The van der Waals surface area contributed by atoms with Crippen LogP contribution in [0, 0.1) is 21.7 Å². The first-order valence-corrected chi connectivity index (χ1v) is 11.7. The van der Waals surface area contributed by atoms with Crippen molar-refractivity contribution >= 4 is 23.9 Å². The highest BCUT2D eigenvalue weighted by atomic mass is 16.6. The predicted molar refractivity (Wildman–Crippen MR) is 122 cm³/mol. The lowest BCUT2D eigenvalue weighted by Crippen LogP contribution is -2.64. The predicted octanol–water partition coefficient (Wildman–Crippen LogP) is 3.68. The molecule has 4 rings (SSSR count). The molecule has 0 aromatic carbocycles. The summed E-state index contributed by atoms with van der Waals surface area (Å²) in [6.45, 7) is 14.2. The number of rotatable bonds is 10. The van der Waals surface area contributed by atoms with Crippen molar-refractivity contribution in [3.8, 4) is 0 Å².